The lowest BCUT2D eigenvalue weighted by molar-refractivity contribution is -0.116. The summed E-state index contributed by atoms with van der Waals surface area (Å²) in [6.07, 6.45) is 3.82. The molecular formula is C20H20ClNO3S. The third kappa shape index (κ3) is 4.23. The zero-order valence-corrected chi connectivity index (χ0v) is 16.0. The maximum absolute atomic E-state index is 12.9. The molecule has 1 N–H and O–H groups in total. The quantitative estimate of drug-likeness (QED) is 0.826. The normalized spacial score (nSPS) is 16.2. The number of carbonyl (C=O) groups is 1. The molecule has 1 atom stereocenters. The minimum atomic E-state index is -3.78. The van der Waals surface area contributed by atoms with Gasteiger partial charge in [-0.05, 0) is 49.6 Å². The van der Waals surface area contributed by atoms with Crippen molar-refractivity contribution in [1.82, 2.24) is 4.72 Å². The van der Waals surface area contributed by atoms with Crippen molar-refractivity contribution in [3.05, 3.63) is 76.3 Å². The second-order valence-corrected chi connectivity index (χ2v) is 8.54. The lowest BCUT2D eigenvalue weighted by Crippen LogP contribution is -2.32. The molecule has 2 aromatic carbocycles. The summed E-state index contributed by atoms with van der Waals surface area (Å²) in [6, 6.07) is 12.8. The van der Waals surface area contributed by atoms with Crippen LogP contribution in [0, 0.1) is 6.92 Å². The molecule has 0 saturated heterocycles. The topological polar surface area (TPSA) is 63.2 Å². The lowest BCUT2D eigenvalue weighted by atomic mass is 9.89. The van der Waals surface area contributed by atoms with E-state index in [0.29, 0.717) is 22.6 Å². The van der Waals surface area contributed by atoms with E-state index in [1.807, 2.05) is 13.0 Å². The van der Waals surface area contributed by atoms with Gasteiger partial charge in [0.1, 0.15) is 0 Å². The Hall–Kier alpha value is -1.95. The summed E-state index contributed by atoms with van der Waals surface area (Å²) in [5, 5.41) is 0.554. The largest absolute Gasteiger partial charge is 0.294 e. The Morgan fingerprint density at radius 3 is 2.31 bits per heavy atom. The van der Waals surface area contributed by atoms with E-state index in [4.69, 9.17) is 11.6 Å². The molecule has 26 heavy (non-hydrogen) atoms. The van der Waals surface area contributed by atoms with Crippen LogP contribution in [0.1, 0.15) is 36.4 Å². The number of rotatable bonds is 5. The molecule has 1 aliphatic carbocycles. The molecule has 1 unspecified atom stereocenters. The van der Waals surface area contributed by atoms with Gasteiger partial charge < -0.3 is 0 Å². The van der Waals surface area contributed by atoms with Crippen molar-refractivity contribution in [1.29, 1.82) is 0 Å². The van der Waals surface area contributed by atoms with Gasteiger partial charge in [0.15, 0.2) is 5.78 Å². The van der Waals surface area contributed by atoms with Crippen molar-refractivity contribution in [2.45, 2.75) is 37.1 Å². The Balaban J connectivity index is 2.00. The van der Waals surface area contributed by atoms with E-state index in [-0.39, 0.29) is 10.7 Å². The summed E-state index contributed by atoms with van der Waals surface area (Å²) in [5.41, 5.74) is 2.16. The summed E-state index contributed by atoms with van der Waals surface area (Å²) in [5.74, 6) is -0.0252. The summed E-state index contributed by atoms with van der Waals surface area (Å²) in [6.45, 7) is 1.89. The van der Waals surface area contributed by atoms with Gasteiger partial charge in [0.2, 0.25) is 10.0 Å². The summed E-state index contributed by atoms with van der Waals surface area (Å²) in [4.78, 5) is 12.6. The number of Topliss-reactive ketones (excluding diaryl/α,β-unsaturated/α-hetero) is 1. The molecule has 1 aliphatic rings. The Morgan fingerprint density at radius 2 is 1.69 bits per heavy atom. The fraction of sp³-hybridized carbons (Fsp3) is 0.250. The minimum absolute atomic E-state index is 0.0252. The second-order valence-electron chi connectivity index (χ2n) is 6.39. The molecule has 0 fully saturated rings. The van der Waals surface area contributed by atoms with E-state index in [9.17, 15) is 13.2 Å². The Kier molecular flexibility index (Phi) is 5.61. The molecule has 0 aliphatic heterocycles. The van der Waals surface area contributed by atoms with E-state index in [2.05, 4.69) is 4.72 Å². The molecule has 0 bridgehead atoms. The van der Waals surface area contributed by atoms with Crippen LogP contribution in [-0.4, -0.2) is 14.2 Å². The molecule has 0 aromatic heterocycles. The van der Waals surface area contributed by atoms with Crippen LogP contribution in [0.2, 0.25) is 5.02 Å². The van der Waals surface area contributed by atoms with Gasteiger partial charge >= 0.3 is 0 Å². The molecule has 136 valence electrons. The summed E-state index contributed by atoms with van der Waals surface area (Å²) < 4.78 is 28.4. The first-order valence-corrected chi connectivity index (χ1v) is 10.3. The second kappa shape index (κ2) is 7.74. The third-order valence-corrected chi connectivity index (χ3v) is 6.10. The summed E-state index contributed by atoms with van der Waals surface area (Å²) in [7, 11) is -3.78. The van der Waals surface area contributed by atoms with E-state index in [1.165, 1.54) is 0 Å². The van der Waals surface area contributed by atoms with Crippen molar-refractivity contribution in [2.75, 3.05) is 0 Å². The molecule has 0 heterocycles. The van der Waals surface area contributed by atoms with Crippen LogP contribution in [0.25, 0.3) is 0 Å². The number of aryl methyl sites for hydroxylation is 1. The molecule has 2 aromatic rings. The number of sulfonamides is 1. The van der Waals surface area contributed by atoms with Gasteiger partial charge in [-0.3, -0.25) is 4.79 Å². The number of benzene rings is 2. The van der Waals surface area contributed by atoms with Crippen LogP contribution in [-0.2, 0) is 14.8 Å². The number of allylic oxidation sites excluding steroid dienone is 1. The van der Waals surface area contributed by atoms with Gasteiger partial charge in [0.05, 0.1) is 10.9 Å². The highest BCUT2D eigenvalue weighted by Crippen LogP contribution is 2.30. The van der Waals surface area contributed by atoms with Crippen molar-refractivity contribution in [3.8, 4) is 0 Å². The van der Waals surface area contributed by atoms with Gasteiger partial charge in [-0.25, -0.2) is 8.42 Å². The third-order valence-electron chi connectivity index (χ3n) is 4.41. The van der Waals surface area contributed by atoms with Gasteiger partial charge in [-0.2, -0.15) is 4.72 Å². The maximum Gasteiger partial charge on any atom is 0.241 e. The van der Waals surface area contributed by atoms with E-state index in [0.717, 1.165) is 18.4 Å². The number of ketones is 1. The molecule has 4 nitrogen and oxygen atoms in total. The average molecular weight is 390 g/mol. The first kappa shape index (κ1) is 18.8. The number of carbonyl (C=O) groups excluding carboxylic acids is 1. The predicted octanol–water partition coefficient (Wildman–Crippen LogP) is 4.35. The van der Waals surface area contributed by atoms with Gasteiger partial charge in [0, 0.05) is 17.0 Å². The average Bonchev–Trinajstić information content (AvgIpc) is 2.62. The standard InChI is InChI=1S/C20H20ClNO3S/c1-14-6-12-17(13-7-14)26(24,25)22-20(15-8-10-16(21)11-9-15)18-4-2-3-5-19(18)23/h4,6-13,20,22H,2-3,5H2,1H3. The molecule has 0 spiro atoms. The van der Waals surface area contributed by atoms with Gasteiger partial charge in [-0.1, -0.05) is 47.5 Å². The van der Waals surface area contributed by atoms with E-state index < -0.39 is 16.1 Å². The van der Waals surface area contributed by atoms with Crippen molar-refractivity contribution < 1.29 is 13.2 Å². The SMILES string of the molecule is Cc1ccc(S(=O)(=O)NC(C2=CCCCC2=O)c2ccc(Cl)cc2)cc1. The van der Waals surface area contributed by atoms with Gasteiger partial charge in [-0.15, -0.1) is 0 Å². The monoisotopic (exact) mass is 389 g/mol. The zero-order chi connectivity index (χ0) is 18.7. The first-order chi connectivity index (χ1) is 12.4. The molecule has 0 saturated carbocycles. The van der Waals surface area contributed by atoms with Crippen LogP contribution >= 0.6 is 11.6 Å². The molecular weight excluding hydrogens is 370 g/mol. The van der Waals surface area contributed by atoms with E-state index >= 15 is 0 Å². The number of nitrogens with one attached hydrogen (secondary N) is 1. The lowest BCUT2D eigenvalue weighted by Gasteiger charge is -2.24. The minimum Gasteiger partial charge on any atom is -0.294 e. The number of hydrogen-bond donors (Lipinski definition) is 1. The van der Waals surface area contributed by atoms with Crippen LogP contribution in [0.15, 0.2) is 65.1 Å². The first-order valence-electron chi connectivity index (χ1n) is 8.44. The highest BCUT2D eigenvalue weighted by atomic mass is 35.5. The van der Waals surface area contributed by atoms with Crippen LogP contribution in [0.5, 0.6) is 0 Å². The Morgan fingerprint density at radius 1 is 1.04 bits per heavy atom. The van der Waals surface area contributed by atoms with Crippen molar-refractivity contribution in [2.24, 2.45) is 0 Å². The van der Waals surface area contributed by atoms with Crippen LogP contribution in [0.3, 0.4) is 0 Å². The van der Waals surface area contributed by atoms with Crippen molar-refractivity contribution >= 4 is 27.4 Å². The molecule has 3 rings (SSSR count). The zero-order valence-electron chi connectivity index (χ0n) is 14.4. The molecule has 0 amide bonds. The molecule has 6 heteroatoms. The smallest absolute Gasteiger partial charge is 0.241 e. The number of halogens is 1. The Bertz CT molecular complexity index is 932. The highest BCUT2D eigenvalue weighted by molar-refractivity contribution is 7.89. The van der Waals surface area contributed by atoms with E-state index in [1.54, 1.807) is 48.5 Å². The Labute approximate surface area is 158 Å². The molecule has 0 radical (unpaired) electrons. The van der Waals surface area contributed by atoms with Crippen molar-refractivity contribution in [3.63, 3.8) is 0 Å². The fourth-order valence-corrected chi connectivity index (χ4v) is 4.29. The number of hydrogen-bond acceptors (Lipinski definition) is 3. The van der Waals surface area contributed by atoms with Crippen LogP contribution in [0.4, 0.5) is 0 Å². The predicted molar refractivity (Wildman–Crippen MR) is 103 cm³/mol. The fourth-order valence-electron chi connectivity index (χ4n) is 2.96. The van der Waals surface area contributed by atoms with Crippen LogP contribution < -0.4 is 4.72 Å². The highest BCUT2D eigenvalue weighted by Gasteiger charge is 2.29. The van der Waals surface area contributed by atoms with Gasteiger partial charge in [0.25, 0.3) is 0 Å². The summed E-state index contributed by atoms with van der Waals surface area (Å²) >= 11 is 5.95. The maximum atomic E-state index is 12.9.